The Hall–Kier alpha value is -3.35. The lowest BCUT2D eigenvalue weighted by molar-refractivity contribution is -0.124. The van der Waals surface area contributed by atoms with Gasteiger partial charge >= 0.3 is 0 Å². The number of nitrogens with two attached hydrogens (primary N) is 1. The number of hydrogen-bond acceptors (Lipinski definition) is 4. The molecule has 2 amide bonds. The number of anilines is 1. The van der Waals surface area contributed by atoms with Gasteiger partial charge in [-0.05, 0) is 63.7 Å². The molecule has 7 heteroatoms. The number of carbonyl (C=O) groups is 2. The first-order chi connectivity index (χ1) is 16.1. The average molecular weight is 464 g/mol. The van der Waals surface area contributed by atoms with Gasteiger partial charge < -0.3 is 16.4 Å². The second-order valence-corrected chi connectivity index (χ2v) is 9.45. The molecule has 3 rings (SSSR count). The molecule has 0 fully saturated rings. The number of aryl methyl sites for hydroxylation is 1. The molecule has 0 aliphatic carbocycles. The molecule has 2 aromatic rings. The van der Waals surface area contributed by atoms with Crippen LogP contribution in [0, 0.1) is 0 Å². The van der Waals surface area contributed by atoms with Gasteiger partial charge in [-0.1, -0.05) is 56.3 Å². The molecule has 1 aromatic carbocycles. The van der Waals surface area contributed by atoms with E-state index in [-0.39, 0.29) is 11.6 Å². The van der Waals surface area contributed by atoms with Crippen LogP contribution in [0.25, 0.3) is 0 Å². The lowest BCUT2D eigenvalue weighted by Crippen LogP contribution is -2.54. The molecule has 2 atom stereocenters. The zero-order valence-corrected chi connectivity index (χ0v) is 21.1. The van der Waals surface area contributed by atoms with E-state index in [1.807, 2.05) is 55.8 Å². The van der Waals surface area contributed by atoms with Crippen molar-refractivity contribution in [2.24, 2.45) is 5.73 Å². The van der Waals surface area contributed by atoms with Crippen LogP contribution in [0.5, 0.6) is 0 Å². The van der Waals surface area contributed by atoms with Gasteiger partial charge in [0, 0.05) is 0 Å². The van der Waals surface area contributed by atoms with E-state index in [9.17, 15) is 9.59 Å². The fourth-order valence-corrected chi connectivity index (χ4v) is 4.75. The summed E-state index contributed by atoms with van der Waals surface area (Å²) in [5.41, 5.74) is 7.60. The van der Waals surface area contributed by atoms with Gasteiger partial charge in [-0.15, -0.1) is 0 Å². The molecule has 0 saturated carbocycles. The molecule has 1 unspecified atom stereocenters. The maximum absolute atomic E-state index is 13.6. The summed E-state index contributed by atoms with van der Waals surface area (Å²) in [5, 5.41) is 11.0. The highest BCUT2D eigenvalue weighted by Gasteiger charge is 2.41. The van der Waals surface area contributed by atoms with E-state index in [1.165, 1.54) is 0 Å². The summed E-state index contributed by atoms with van der Waals surface area (Å²) < 4.78 is 1.86. The lowest BCUT2D eigenvalue weighted by Gasteiger charge is -2.39. The van der Waals surface area contributed by atoms with E-state index in [0.717, 1.165) is 24.0 Å². The van der Waals surface area contributed by atoms with Gasteiger partial charge in [-0.25, -0.2) is 4.68 Å². The van der Waals surface area contributed by atoms with Crippen LogP contribution in [0.3, 0.4) is 0 Å². The molecule has 4 N–H and O–H groups in total. The quantitative estimate of drug-likeness (QED) is 0.505. The summed E-state index contributed by atoms with van der Waals surface area (Å²) in [6.07, 6.45) is 9.76. The maximum Gasteiger partial charge on any atom is 0.257 e. The van der Waals surface area contributed by atoms with Crippen molar-refractivity contribution < 1.29 is 9.59 Å². The Labute approximate surface area is 202 Å². The van der Waals surface area contributed by atoms with E-state index in [1.54, 1.807) is 6.20 Å². The highest BCUT2D eigenvalue weighted by molar-refractivity contribution is 6.02. The summed E-state index contributed by atoms with van der Waals surface area (Å²) in [6, 6.07) is 7.69. The fourth-order valence-electron chi connectivity index (χ4n) is 4.75. The van der Waals surface area contributed by atoms with Crippen LogP contribution in [0.4, 0.5) is 5.82 Å². The topological polar surface area (TPSA) is 102 Å². The van der Waals surface area contributed by atoms with E-state index in [4.69, 9.17) is 5.73 Å². The van der Waals surface area contributed by atoms with Crippen LogP contribution in [-0.2, 0) is 22.3 Å². The molecule has 1 aliphatic heterocycles. The number of fused-ring (bicyclic) bond motifs is 1. The highest BCUT2D eigenvalue weighted by atomic mass is 16.2. The number of hydrogen-bond donors (Lipinski definition) is 3. The number of benzene rings is 1. The van der Waals surface area contributed by atoms with Gasteiger partial charge in [0.15, 0.2) is 0 Å². The number of primary amides is 1. The van der Waals surface area contributed by atoms with Crippen molar-refractivity contribution in [3.05, 3.63) is 71.0 Å². The highest BCUT2D eigenvalue weighted by Crippen LogP contribution is 2.37. The van der Waals surface area contributed by atoms with E-state index >= 15 is 0 Å². The number of nitrogens with one attached hydrogen (secondary N) is 2. The molecule has 34 heavy (non-hydrogen) atoms. The van der Waals surface area contributed by atoms with Crippen LogP contribution in [0.1, 0.15) is 75.9 Å². The van der Waals surface area contributed by atoms with Crippen molar-refractivity contribution in [1.82, 2.24) is 15.1 Å². The predicted octanol–water partition coefficient (Wildman–Crippen LogP) is 4.41. The number of carbonyl (C=O) groups excluding carboxylic acids is 2. The van der Waals surface area contributed by atoms with Crippen LogP contribution in [0.15, 0.2) is 54.3 Å². The number of amides is 2. The molecule has 7 nitrogen and oxygen atoms in total. The molecule has 0 radical (unpaired) electrons. The summed E-state index contributed by atoms with van der Waals surface area (Å²) in [7, 11) is 0. The van der Waals surface area contributed by atoms with Crippen molar-refractivity contribution in [1.29, 1.82) is 0 Å². The third-order valence-electron chi connectivity index (χ3n) is 6.83. The normalized spacial score (nSPS) is 19.2. The Morgan fingerprint density at radius 2 is 1.94 bits per heavy atom. The van der Waals surface area contributed by atoms with Crippen molar-refractivity contribution in [3.63, 3.8) is 0 Å². The minimum atomic E-state index is -1.32. The third kappa shape index (κ3) is 4.52. The van der Waals surface area contributed by atoms with Crippen molar-refractivity contribution >= 4 is 17.6 Å². The molecule has 2 heterocycles. The maximum atomic E-state index is 13.6. The molecule has 182 valence electrons. The molecule has 1 aromatic heterocycles. The first-order valence-corrected chi connectivity index (χ1v) is 12.0. The Balaban J connectivity index is 2.00. The minimum absolute atomic E-state index is 0.0283. The molecule has 0 bridgehead atoms. The van der Waals surface area contributed by atoms with Crippen LogP contribution >= 0.6 is 0 Å². The number of aromatic nitrogens is 2. The Bertz CT molecular complexity index is 1110. The zero-order valence-electron chi connectivity index (χ0n) is 21.1. The molecule has 1 aliphatic rings. The summed E-state index contributed by atoms with van der Waals surface area (Å²) in [6.45, 7) is 12.1. The molecule has 0 saturated heterocycles. The van der Waals surface area contributed by atoms with E-state index in [0.29, 0.717) is 23.4 Å². The Morgan fingerprint density at radius 3 is 2.47 bits per heavy atom. The van der Waals surface area contributed by atoms with E-state index in [2.05, 4.69) is 48.7 Å². The van der Waals surface area contributed by atoms with Gasteiger partial charge in [-0.2, -0.15) is 5.10 Å². The summed E-state index contributed by atoms with van der Waals surface area (Å²) in [5.74, 6) is -0.346. The largest absolute Gasteiger partial charge is 0.367 e. The van der Waals surface area contributed by atoms with Gasteiger partial charge in [0.05, 0.1) is 17.8 Å². The van der Waals surface area contributed by atoms with Crippen LogP contribution in [0.2, 0.25) is 0 Å². The van der Waals surface area contributed by atoms with Crippen molar-refractivity contribution in [2.45, 2.75) is 77.9 Å². The van der Waals surface area contributed by atoms with Crippen molar-refractivity contribution in [2.75, 3.05) is 5.32 Å². The van der Waals surface area contributed by atoms with Gasteiger partial charge in [0.25, 0.3) is 5.91 Å². The smallest absolute Gasteiger partial charge is 0.257 e. The SMILES string of the molecule is C/C=C\C(=C/C)[C@H]1CC(C)(C)n2ncc(C(=O)NC(CC)(C(N)=O)c3ccc(CC)cc3)c2N1. The summed E-state index contributed by atoms with van der Waals surface area (Å²) in [4.78, 5) is 26.3. The van der Waals surface area contributed by atoms with Crippen molar-refractivity contribution in [3.8, 4) is 0 Å². The number of rotatable bonds is 8. The Kier molecular flexibility index (Phi) is 7.34. The molecule has 0 spiro atoms. The second kappa shape index (κ2) is 9.87. The standard InChI is InChI=1S/C27H37N5O2/c1-7-11-19(9-3)22-16-26(5,6)32-23(30-22)21(17-29-32)24(33)31-27(10-4,25(28)34)20-14-12-18(8-2)13-15-20/h7,9,11-15,17,22,30H,8,10,16H2,1-6H3,(H2,28,34)(H,31,33)/b11-7-,19-9+/t22-,27?/m1/s1. The molecular weight excluding hydrogens is 426 g/mol. The zero-order chi connectivity index (χ0) is 25.1. The summed E-state index contributed by atoms with van der Waals surface area (Å²) >= 11 is 0. The number of nitrogens with zero attached hydrogens (tertiary/aromatic N) is 2. The van der Waals surface area contributed by atoms with Gasteiger partial charge in [0.1, 0.15) is 16.9 Å². The van der Waals surface area contributed by atoms with Crippen LogP contribution in [-0.4, -0.2) is 27.6 Å². The fraction of sp³-hybridized carbons (Fsp3) is 0.444. The average Bonchev–Trinajstić information content (AvgIpc) is 3.25. The third-order valence-corrected chi connectivity index (χ3v) is 6.83. The monoisotopic (exact) mass is 463 g/mol. The lowest BCUT2D eigenvalue weighted by atomic mass is 9.85. The second-order valence-electron chi connectivity index (χ2n) is 9.45. The minimum Gasteiger partial charge on any atom is -0.367 e. The predicted molar refractivity (Wildman–Crippen MR) is 137 cm³/mol. The van der Waals surface area contributed by atoms with Gasteiger partial charge in [0.2, 0.25) is 5.91 Å². The first kappa shape index (κ1) is 25.3. The Morgan fingerprint density at radius 1 is 1.26 bits per heavy atom. The first-order valence-electron chi connectivity index (χ1n) is 12.0. The van der Waals surface area contributed by atoms with Gasteiger partial charge in [-0.3, -0.25) is 9.59 Å². The molecular formula is C27H37N5O2. The van der Waals surface area contributed by atoms with Crippen LogP contribution < -0.4 is 16.4 Å². The van der Waals surface area contributed by atoms with E-state index < -0.39 is 17.4 Å². The number of allylic oxidation sites excluding steroid dienone is 2.